The zero-order valence-electron chi connectivity index (χ0n) is 19.1. The van der Waals surface area contributed by atoms with Gasteiger partial charge in [-0.1, -0.05) is 72.8 Å². The maximum atomic E-state index is 6.50. The van der Waals surface area contributed by atoms with Gasteiger partial charge in [-0.3, -0.25) is 0 Å². The number of para-hydroxylation sites is 3. The van der Waals surface area contributed by atoms with Crippen molar-refractivity contribution in [2.45, 2.75) is 6.92 Å². The number of hydrogen-bond donors (Lipinski definition) is 0. The molecule has 2 heterocycles. The van der Waals surface area contributed by atoms with Gasteiger partial charge in [0.15, 0.2) is 16.6 Å². The first-order valence-electron chi connectivity index (χ1n) is 11.6. The normalized spacial score (nSPS) is 11.8. The van der Waals surface area contributed by atoms with Crippen molar-refractivity contribution in [2.75, 3.05) is 0 Å². The second kappa shape index (κ2) is 7.06. The molecule has 0 aliphatic carbocycles. The highest BCUT2D eigenvalue weighted by Gasteiger charge is 2.30. The maximum Gasteiger partial charge on any atom is 0.298 e. The highest BCUT2D eigenvalue weighted by atomic mass is 16.3. The lowest BCUT2D eigenvalue weighted by Crippen LogP contribution is -2.30. The van der Waals surface area contributed by atoms with E-state index < -0.39 is 0 Å². The molecule has 5 aromatic carbocycles. The number of aryl methyl sites for hydroxylation is 2. The Kier molecular flexibility index (Phi) is 3.97. The van der Waals surface area contributed by atoms with Crippen LogP contribution in [0.25, 0.3) is 60.8 Å². The van der Waals surface area contributed by atoms with Gasteiger partial charge in [0, 0.05) is 10.8 Å². The molecule has 0 bridgehead atoms. The Morgan fingerprint density at radius 1 is 0.706 bits per heavy atom. The fraction of sp³-hybridized carbons (Fsp3) is 0.0645. The van der Waals surface area contributed by atoms with Gasteiger partial charge in [0.25, 0.3) is 5.82 Å². The Morgan fingerprint density at radius 2 is 1.47 bits per heavy atom. The zero-order chi connectivity index (χ0) is 22.8. The molecule has 0 amide bonds. The average molecular weight is 440 g/mol. The summed E-state index contributed by atoms with van der Waals surface area (Å²) in [5.41, 5.74) is 7.65. The van der Waals surface area contributed by atoms with E-state index in [9.17, 15) is 0 Å². The van der Waals surface area contributed by atoms with Crippen molar-refractivity contribution < 1.29 is 8.98 Å². The van der Waals surface area contributed by atoms with Crippen molar-refractivity contribution in [1.29, 1.82) is 0 Å². The van der Waals surface area contributed by atoms with Crippen molar-refractivity contribution in [3.05, 3.63) is 109 Å². The van der Waals surface area contributed by atoms with Gasteiger partial charge in [-0.25, -0.2) is 4.57 Å². The summed E-state index contributed by atoms with van der Waals surface area (Å²) >= 11 is 0. The molecule has 0 saturated carbocycles. The summed E-state index contributed by atoms with van der Waals surface area (Å²) in [5.74, 6) is 1.11. The highest BCUT2D eigenvalue weighted by molar-refractivity contribution is 6.09. The fourth-order valence-corrected chi connectivity index (χ4v) is 5.34. The van der Waals surface area contributed by atoms with E-state index in [4.69, 9.17) is 4.42 Å². The molecule has 0 spiro atoms. The summed E-state index contributed by atoms with van der Waals surface area (Å²) in [7, 11) is 2.15. The Hall–Kier alpha value is -4.37. The van der Waals surface area contributed by atoms with Crippen LogP contribution in [-0.4, -0.2) is 4.57 Å². The van der Waals surface area contributed by atoms with Crippen LogP contribution in [0.2, 0.25) is 0 Å². The molecule has 0 aliphatic rings. The lowest BCUT2D eigenvalue weighted by Gasteiger charge is -2.08. The molecule has 3 nitrogen and oxygen atoms in total. The largest absolute Gasteiger partial charge is 0.455 e. The van der Waals surface area contributed by atoms with Gasteiger partial charge in [-0.15, -0.1) is 0 Å². The lowest BCUT2D eigenvalue weighted by atomic mass is 10.0. The van der Waals surface area contributed by atoms with Crippen LogP contribution in [0, 0.1) is 6.92 Å². The van der Waals surface area contributed by atoms with Gasteiger partial charge in [0.1, 0.15) is 16.8 Å². The summed E-state index contributed by atoms with van der Waals surface area (Å²) in [4.78, 5) is 0. The molecule has 0 aliphatic heterocycles. The van der Waals surface area contributed by atoms with Crippen molar-refractivity contribution in [3.8, 4) is 17.1 Å². The van der Waals surface area contributed by atoms with Crippen LogP contribution < -0.4 is 4.57 Å². The fourth-order valence-electron chi connectivity index (χ4n) is 5.34. The number of fused-ring (bicyclic) bond motifs is 5. The van der Waals surface area contributed by atoms with E-state index >= 15 is 0 Å². The molecule has 3 heteroatoms. The van der Waals surface area contributed by atoms with Crippen molar-refractivity contribution in [2.24, 2.45) is 7.05 Å². The monoisotopic (exact) mass is 439 g/mol. The van der Waals surface area contributed by atoms with Crippen LogP contribution in [0.5, 0.6) is 0 Å². The predicted molar refractivity (Wildman–Crippen MR) is 139 cm³/mol. The quantitative estimate of drug-likeness (QED) is 0.256. The first-order valence-corrected chi connectivity index (χ1v) is 11.6. The lowest BCUT2D eigenvalue weighted by molar-refractivity contribution is -0.633. The molecule has 162 valence electrons. The number of hydrogen-bond acceptors (Lipinski definition) is 1. The standard InChI is InChI=1S/C31H23N2O/c1-20-15-18-25-24-11-5-8-14-28(24)34-30(25)29(20)31-32(2)26-12-6-7-13-27(26)33(31)23-17-16-21-9-3-4-10-22(21)19-23/h3-19H,1-2H3/q+1. The molecule has 7 aromatic rings. The van der Waals surface area contributed by atoms with E-state index in [1.165, 1.54) is 27.4 Å². The van der Waals surface area contributed by atoms with Crippen LogP contribution in [0.4, 0.5) is 0 Å². The molecule has 0 unspecified atom stereocenters. The second-order valence-corrected chi connectivity index (χ2v) is 8.97. The predicted octanol–water partition coefficient (Wildman–Crippen LogP) is 7.48. The third-order valence-electron chi connectivity index (χ3n) is 6.98. The Labute approximate surface area is 197 Å². The van der Waals surface area contributed by atoms with Gasteiger partial charge < -0.3 is 4.42 Å². The molecular weight excluding hydrogens is 416 g/mol. The van der Waals surface area contributed by atoms with Gasteiger partial charge in [-0.05, 0) is 53.6 Å². The van der Waals surface area contributed by atoms with Crippen LogP contribution in [0.1, 0.15) is 5.56 Å². The summed E-state index contributed by atoms with van der Waals surface area (Å²) in [6.07, 6.45) is 0. The summed E-state index contributed by atoms with van der Waals surface area (Å²) in [5, 5.41) is 4.76. The molecule has 0 radical (unpaired) electrons. The Bertz CT molecular complexity index is 1890. The number of nitrogens with zero attached hydrogens (tertiary/aromatic N) is 2. The maximum absolute atomic E-state index is 6.50. The molecule has 0 atom stereocenters. The van der Waals surface area contributed by atoms with Crippen molar-refractivity contribution in [3.63, 3.8) is 0 Å². The van der Waals surface area contributed by atoms with E-state index in [0.717, 1.165) is 39.0 Å². The van der Waals surface area contributed by atoms with Gasteiger partial charge in [-0.2, -0.15) is 4.57 Å². The SMILES string of the molecule is Cc1ccc2c(oc3ccccc32)c1-c1n(-c2ccc3ccccc3c2)c2ccccc2[n+]1C. The minimum absolute atomic E-state index is 0.917. The topological polar surface area (TPSA) is 21.9 Å². The molecule has 0 fully saturated rings. The van der Waals surface area contributed by atoms with Crippen LogP contribution in [0.15, 0.2) is 108 Å². The third-order valence-corrected chi connectivity index (χ3v) is 6.98. The Morgan fingerprint density at radius 3 is 2.38 bits per heavy atom. The molecule has 0 saturated heterocycles. The van der Waals surface area contributed by atoms with Crippen LogP contribution >= 0.6 is 0 Å². The highest BCUT2D eigenvalue weighted by Crippen LogP contribution is 2.39. The number of furan rings is 1. The number of rotatable bonds is 2. The molecule has 0 N–H and O–H groups in total. The number of benzene rings is 5. The second-order valence-electron chi connectivity index (χ2n) is 8.97. The van der Waals surface area contributed by atoms with Crippen LogP contribution in [-0.2, 0) is 7.05 Å². The Balaban J connectivity index is 1.64. The smallest absolute Gasteiger partial charge is 0.298 e. The summed E-state index contributed by atoms with van der Waals surface area (Å²) in [6.45, 7) is 2.17. The van der Waals surface area contributed by atoms with E-state index in [1.807, 2.05) is 12.1 Å². The van der Waals surface area contributed by atoms with Crippen molar-refractivity contribution >= 4 is 43.7 Å². The first-order chi connectivity index (χ1) is 16.7. The molecule has 7 rings (SSSR count). The van der Waals surface area contributed by atoms with E-state index in [2.05, 4.69) is 114 Å². The average Bonchev–Trinajstić information content (AvgIpc) is 3.39. The summed E-state index contributed by atoms with van der Waals surface area (Å²) < 4.78 is 11.2. The van der Waals surface area contributed by atoms with E-state index in [-0.39, 0.29) is 0 Å². The van der Waals surface area contributed by atoms with E-state index in [0.29, 0.717) is 0 Å². The van der Waals surface area contributed by atoms with Gasteiger partial charge >= 0.3 is 0 Å². The minimum Gasteiger partial charge on any atom is -0.455 e. The van der Waals surface area contributed by atoms with Gasteiger partial charge in [0.05, 0.1) is 7.05 Å². The van der Waals surface area contributed by atoms with Gasteiger partial charge in [0.2, 0.25) is 0 Å². The minimum atomic E-state index is 0.917. The van der Waals surface area contributed by atoms with Crippen molar-refractivity contribution in [1.82, 2.24) is 4.57 Å². The van der Waals surface area contributed by atoms with E-state index in [1.54, 1.807) is 0 Å². The zero-order valence-corrected chi connectivity index (χ0v) is 19.1. The number of imidazole rings is 1. The first kappa shape index (κ1) is 19.1. The molecular formula is C31H23N2O+. The number of aromatic nitrogens is 2. The van der Waals surface area contributed by atoms with Crippen LogP contribution in [0.3, 0.4) is 0 Å². The summed E-state index contributed by atoms with van der Waals surface area (Å²) in [6, 6.07) is 36.5. The molecule has 34 heavy (non-hydrogen) atoms. The molecule has 2 aromatic heterocycles. The third kappa shape index (κ3) is 2.61.